The molecule has 8 heavy (non-hydrogen) atoms. The number of hydrogen-bond acceptors (Lipinski definition) is 1. The van der Waals surface area contributed by atoms with Crippen LogP contribution in [0.2, 0.25) is 0 Å². The molecule has 0 aromatic rings. The Morgan fingerprint density at radius 2 is 2.25 bits per heavy atom. The molecule has 2 aliphatic rings. The normalized spacial score (nSPS) is 40.9. The number of rotatable bonds is 0. The van der Waals surface area contributed by atoms with Crippen LogP contribution in [0.3, 0.4) is 0 Å². The maximum absolute atomic E-state index is 5.43. The molecule has 0 radical (unpaired) electrons. The van der Waals surface area contributed by atoms with Gasteiger partial charge in [0, 0.05) is 0 Å². The molecule has 2 fully saturated rings. The predicted molar refractivity (Wildman–Crippen MR) is 31.7 cm³/mol. The standard InChI is InChI=1S/C7H12O/c1-6-4-7(2-3-7)5-8-6/h6H,2-5H2,1H3/t6-/m1/s1. The Balaban J connectivity index is 2.03. The SMILES string of the molecule is C[C@@H]1CC2(CC2)CO1. The van der Waals surface area contributed by atoms with Crippen LogP contribution in [0, 0.1) is 5.41 Å². The van der Waals surface area contributed by atoms with Crippen LogP contribution < -0.4 is 0 Å². The van der Waals surface area contributed by atoms with Gasteiger partial charge in [0.05, 0.1) is 12.7 Å². The Hall–Kier alpha value is -0.0400. The smallest absolute Gasteiger partial charge is 0.0553 e. The summed E-state index contributed by atoms with van der Waals surface area (Å²) in [5.41, 5.74) is 0.694. The van der Waals surface area contributed by atoms with E-state index >= 15 is 0 Å². The van der Waals surface area contributed by atoms with Gasteiger partial charge in [0.15, 0.2) is 0 Å². The van der Waals surface area contributed by atoms with Gasteiger partial charge in [-0.25, -0.2) is 0 Å². The number of hydrogen-bond donors (Lipinski definition) is 0. The third kappa shape index (κ3) is 0.576. The van der Waals surface area contributed by atoms with E-state index in [-0.39, 0.29) is 0 Å². The second-order valence-corrected chi connectivity index (χ2v) is 3.33. The third-order valence-electron chi connectivity index (χ3n) is 2.35. The lowest BCUT2D eigenvalue weighted by atomic mass is 10.0. The fourth-order valence-electron chi connectivity index (χ4n) is 1.57. The predicted octanol–water partition coefficient (Wildman–Crippen LogP) is 1.58. The van der Waals surface area contributed by atoms with Crippen LogP contribution in [0.5, 0.6) is 0 Å². The maximum Gasteiger partial charge on any atom is 0.0553 e. The molecule has 0 unspecified atom stereocenters. The van der Waals surface area contributed by atoms with Crippen LogP contribution in [0.4, 0.5) is 0 Å². The molecule has 0 aromatic carbocycles. The highest BCUT2D eigenvalue weighted by Gasteiger charge is 2.47. The first-order chi connectivity index (χ1) is 3.81. The van der Waals surface area contributed by atoms with Crippen molar-refractivity contribution in [2.24, 2.45) is 5.41 Å². The van der Waals surface area contributed by atoms with Gasteiger partial charge in [0.25, 0.3) is 0 Å². The third-order valence-corrected chi connectivity index (χ3v) is 2.35. The second-order valence-electron chi connectivity index (χ2n) is 3.33. The molecule has 1 spiro atoms. The van der Waals surface area contributed by atoms with Gasteiger partial charge in [-0.2, -0.15) is 0 Å². The van der Waals surface area contributed by atoms with Crippen molar-refractivity contribution >= 4 is 0 Å². The Bertz CT molecular complexity index is 105. The molecule has 1 nitrogen and oxygen atoms in total. The Morgan fingerprint density at radius 3 is 2.50 bits per heavy atom. The molecular formula is C7H12O. The molecule has 0 aromatic heterocycles. The molecule has 1 heteroatoms. The lowest BCUT2D eigenvalue weighted by molar-refractivity contribution is 0.118. The number of ether oxygens (including phenoxy) is 1. The first-order valence-corrected chi connectivity index (χ1v) is 3.42. The molecule has 0 N–H and O–H groups in total. The maximum atomic E-state index is 5.43. The summed E-state index contributed by atoms with van der Waals surface area (Å²) in [4.78, 5) is 0. The van der Waals surface area contributed by atoms with E-state index in [0.717, 1.165) is 6.61 Å². The highest BCUT2D eigenvalue weighted by atomic mass is 16.5. The lowest BCUT2D eigenvalue weighted by Gasteiger charge is -1.97. The first kappa shape index (κ1) is 4.80. The average molecular weight is 112 g/mol. The van der Waals surface area contributed by atoms with Gasteiger partial charge >= 0.3 is 0 Å². The summed E-state index contributed by atoms with van der Waals surface area (Å²) in [7, 11) is 0. The largest absolute Gasteiger partial charge is 0.378 e. The molecule has 1 aliphatic carbocycles. The summed E-state index contributed by atoms with van der Waals surface area (Å²) in [6.45, 7) is 3.22. The highest BCUT2D eigenvalue weighted by Crippen LogP contribution is 2.53. The van der Waals surface area contributed by atoms with E-state index in [1.165, 1.54) is 19.3 Å². The fourth-order valence-corrected chi connectivity index (χ4v) is 1.57. The average Bonchev–Trinajstić information content (AvgIpc) is 2.34. The molecule has 1 aliphatic heterocycles. The van der Waals surface area contributed by atoms with E-state index in [0.29, 0.717) is 11.5 Å². The topological polar surface area (TPSA) is 9.23 Å². The first-order valence-electron chi connectivity index (χ1n) is 3.42. The van der Waals surface area contributed by atoms with Crippen molar-refractivity contribution in [3.8, 4) is 0 Å². The Kier molecular flexibility index (Phi) is 0.762. The van der Waals surface area contributed by atoms with Gasteiger partial charge in [-0.1, -0.05) is 0 Å². The van der Waals surface area contributed by atoms with E-state index in [1.54, 1.807) is 0 Å². The molecule has 46 valence electrons. The quantitative estimate of drug-likeness (QED) is 0.462. The van der Waals surface area contributed by atoms with Crippen molar-refractivity contribution < 1.29 is 4.74 Å². The van der Waals surface area contributed by atoms with Crippen LogP contribution in [-0.2, 0) is 4.74 Å². The van der Waals surface area contributed by atoms with Crippen LogP contribution >= 0.6 is 0 Å². The molecule has 1 atom stereocenters. The summed E-state index contributed by atoms with van der Waals surface area (Å²) in [5, 5.41) is 0. The summed E-state index contributed by atoms with van der Waals surface area (Å²) < 4.78 is 5.43. The van der Waals surface area contributed by atoms with Gasteiger partial charge in [0.1, 0.15) is 0 Å². The van der Waals surface area contributed by atoms with E-state index < -0.39 is 0 Å². The fraction of sp³-hybridized carbons (Fsp3) is 1.00. The minimum Gasteiger partial charge on any atom is -0.378 e. The molecule has 1 heterocycles. The van der Waals surface area contributed by atoms with Crippen LogP contribution in [-0.4, -0.2) is 12.7 Å². The van der Waals surface area contributed by atoms with Gasteiger partial charge in [-0.3, -0.25) is 0 Å². The van der Waals surface area contributed by atoms with Crippen molar-refractivity contribution in [2.75, 3.05) is 6.61 Å². The summed E-state index contributed by atoms with van der Waals surface area (Å²) in [6, 6.07) is 0. The molecule has 0 amide bonds. The zero-order chi connectivity index (χ0) is 5.61. The van der Waals surface area contributed by atoms with E-state index in [4.69, 9.17) is 4.74 Å². The van der Waals surface area contributed by atoms with Crippen molar-refractivity contribution in [3.63, 3.8) is 0 Å². The van der Waals surface area contributed by atoms with Gasteiger partial charge in [0.2, 0.25) is 0 Å². The van der Waals surface area contributed by atoms with Gasteiger partial charge in [-0.05, 0) is 31.6 Å². The summed E-state index contributed by atoms with van der Waals surface area (Å²) in [5.74, 6) is 0. The van der Waals surface area contributed by atoms with E-state index in [2.05, 4.69) is 6.92 Å². The van der Waals surface area contributed by atoms with Crippen molar-refractivity contribution in [1.82, 2.24) is 0 Å². The van der Waals surface area contributed by atoms with Crippen LogP contribution in [0.1, 0.15) is 26.2 Å². The van der Waals surface area contributed by atoms with E-state index in [1.807, 2.05) is 0 Å². The Morgan fingerprint density at radius 1 is 1.50 bits per heavy atom. The molecule has 2 rings (SSSR count). The Labute approximate surface area is 50.0 Å². The van der Waals surface area contributed by atoms with Crippen LogP contribution in [0.15, 0.2) is 0 Å². The monoisotopic (exact) mass is 112 g/mol. The van der Waals surface area contributed by atoms with Gasteiger partial charge < -0.3 is 4.74 Å². The molecule has 1 saturated heterocycles. The lowest BCUT2D eigenvalue weighted by Crippen LogP contribution is -1.96. The van der Waals surface area contributed by atoms with Gasteiger partial charge in [-0.15, -0.1) is 0 Å². The molecular weight excluding hydrogens is 100 g/mol. The van der Waals surface area contributed by atoms with Crippen molar-refractivity contribution in [1.29, 1.82) is 0 Å². The summed E-state index contributed by atoms with van der Waals surface area (Å²) >= 11 is 0. The highest BCUT2D eigenvalue weighted by molar-refractivity contribution is 4.97. The molecule has 0 bridgehead atoms. The van der Waals surface area contributed by atoms with Crippen molar-refractivity contribution in [3.05, 3.63) is 0 Å². The zero-order valence-electron chi connectivity index (χ0n) is 5.31. The summed E-state index contributed by atoms with van der Waals surface area (Å²) in [6.07, 6.45) is 4.74. The van der Waals surface area contributed by atoms with Crippen LogP contribution in [0.25, 0.3) is 0 Å². The second kappa shape index (κ2) is 1.27. The minimum atomic E-state index is 0.553. The zero-order valence-corrected chi connectivity index (χ0v) is 5.31. The minimum absolute atomic E-state index is 0.553. The molecule has 1 saturated carbocycles. The van der Waals surface area contributed by atoms with E-state index in [9.17, 15) is 0 Å². The van der Waals surface area contributed by atoms with Crippen molar-refractivity contribution in [2.45, 2.75) is 32.3 Å².